The van der Waals surface area contributed by atoms with Crippen molar-refractivity contribution in [2.45, 2.75) is 64.7 Å². The van der Waals surface area contributed by atoms with E-state index in [0.717, 1.165) is 38.8 Å². The predicted octanol–water partition coefficient (Wildman–Crippen LogP) is 17.2. The minimum absolute atomic E-state index is 0.0146. The van der Waals surface area contributed by atoms with Crippen molar-refractivity contribution in [1.29, 1.82) is 0 Å². The van der Waals surface area contributed by atoms with Gasteiger partial charge in [-0.05, 0) is 115 Å². The van der Waals surface area contributed by atoms with Gasteiger partial charge in [-0.2, -0.15) is 0 Å². The van der Waals surface area contributed by atoms with Crippen LogP contribution in [0.15, 0.2) is 167 Å². The van der Waals surface area contributed by atoms with Gasteiger partial charge in [0.15, 0.2) is 0 Å². The highest BCUT2D eigenvalue weighted by Crippen LogP contribution is 2.60. The van der Waals surface area contributed by atoms with Crippen molar-refractivity contribution >= 4 is 82.5 Å². The smallest absolute Gasteiger partial charge is 0.136 e. The fraction of sp³-hybridized carbons (Fsp3) is 0.167. The van der Waals surface area contributed by atoms with Crippen molar-refractivity contribution in [3.63, 3.8) is 0 Å². The molecule has 0 spiro atoms. The summed E-state index contributed by atoms with van der Waals surface area (Å²) >= 11 is 0. The van der Waals surface area contributed by atoms with Crippen LogP contribution in [-0.4, -0.2) is 0 Å². The Labute approximate surface area is 367 Å². The maximum atomic E-state index is 6.53. The summed E-state index contributed by atoms with van der Waals surface area (Å²) in [7, 11) is 0. The number of fused-ring (bicyclic) bond motifs is 18. The van der Waals surface area contributed by atoms with E-state index < -0.39 is 0 Å². The van der Waals surface area contributed by atoms with Crippen LogP contribution in [0.2, 0.25) is 0 Å². The van der Waals surface area contributed by atoms with Crippen molar-refractivity contribution < 1.29 is 8.83 Å². The summed E-state index contributed by atoms with van der Waals surface area (Å²) in [5.74, 6) is 0. The van der Waals surface area contributed by atoms with Crippen LogP contribution in [0.4, 0.5) is 17.1 Å². The number of anilines is 3. The summed E-state index contributed by atoms with van der Waals surface area (Å²) in [4.78, 5) is 2.57. The molecule has 2 aromatic heterocycles. The maximum absolute atomic E-state index is 6.53. The number of nitrogens with zero attached hydrogens (tertiary/aromatic N) is 1. The SMILES string of the molecule is CC(C)(C)c1ccc(N(c2cc3c(c4ccccc24)-c2c(ccc4oc5ccccc5c24)C3(C)C)c2cc3c(c4ccccc24)-c2c(ccc4oc5ccccc5c24)C3(C)C)cc1. The number of hydrogen-bond donors (Lipinski definition) is 0. The molecule has 2 aliphatic rings. The molecule has 304 valence electrons. The molecular weight excluding hydrogens is 767 g/mol. The summed E-state index contributed by atoms with van der Waals surface area (Å²) in [5, 5.41) is 9.65. The van der Waals surface area contributed by atoms with Crippen LogP contribution in [-0.2, 0) is 16.2 Å². The van der Waals surface area contributed by atoms with Gasteiger partial charge in [0.25, 0.3) is 0 Å². The van der Waals surface area contributed by atoms with Crippen LogP contribution in [0.1, 0.15) is 76.3 Å². The van der Waals surface area contributed by atoms with Crippen LogP contribution >= 0.6 is 0 Å². The minimum Gasteiger partial charge on any atom is -0.456 e. The highest BCUT2D eigenvalue weighted by atomic mass is 16.3. The summed E-state index contributed by atoms with van der Waals surface area (Å²) in [6.07, 6.45) is 0. The van der Waals surface area contributed by atoms with Crippen molar-refractivity contribution in [3.8, 4) is 22.3 Å². The number of benzene rings is 9. The third-order valence-corrected chi connectivity index (χ3v) is 14.8. The van der Waals surface area contributed by atoms with Crippen molar-refractivity contribution in [2.75, 3.05) is 4.90 Å². The first kappa shape index (κ1) is 36.5. The Bertz CT molecular complexity index is 3550. The highest BCUT2D eigenvalue weighted by Gasteiger charge is 2.42. The molecule has 3 heteroatoms. The van der Waals surface area contributed by atoms with Gasteiger partial charge in [0, 0.05) is 48.8 Å². The molecule has 0 saturated carbocycles. The summed E-state index contributed by atoms with van der Waals surface area (Å²) in [6.45, 7) is 16.5. The first-order valence-corrected chi connectivity index (χ1v) is 22.3. The lowest BCUT2D eigenvalue weighted by atomic mass is 9.81. The molecule has 0 atom stereocenters. The summed E-state index contributed by atoms with van der Waals surface area (Å²) in [6, 6.07) is 58.5. The van der Waals surface area contributed by atoms with Gasteiger partial charge in [0.1, 0.15) is 22.3 Å². The normalized spacial score (nSPS) is 14.8. The summed E-state index contributed by atoms with van der Waals surface area (Å²) in [5.41, 5.74) is 18.5. The van der Waals surface area contributed by atoms with E-state index in [-0.39, 0.29) is 16.2 Å². The number of hydrogen-bond acceptors (Lipinski definition) is 3. The van der Waals surface area contributed by atoms with Crippen molar-refractivity contribution in [1.82, 2.24) is 0 Å². The molecule has 2 heterocycles. The molecule has 0 aliphatic heterocycles. The second-order valence-corrected chi connectivity index (χ2v) is 20.0. The van der Waals surface area contributed by atoms with Crippen LogP contribution in [0.5, 0.6) is 0 Å². The second-order valence-electron chi connectivity index (χ2n) is 20.0. The van der Waals surface area contributed by atoms with Crippen molar-refractivity contribution in [2.24, 2.45) is 0 Å². The molecule has 0 saturated heterocycles. The van der Waals surface area contributed by atoms with E-state index >= 15 is 0 Å². The minimum atomic E-state index is -0.278. The van der Waals surface area contributed by atoms with Crippen LogP contribution in [0, 0.1) is 0 Å². The molecule has 11 aromatic rings. The van der Waals surface area contributed by atoms with E-state index in [1.807, 2.05) is 0 Å². The van der Waals surface area contributed by atoms with Gasteiger partial charge in [-0.25, -0.2) is 0 Å². The zero-order chi connectivity index (χ0) is 42.7. The quantitative estimate of drug-likeness (QED) is 0.178. The number of furan rings is 2. The number of para-hydroxylation sites is 2. The molecule has 3 nitrogen and oxygen atoms in total. The van der Waals surface area contributed by atoms with Crippen LogP contribution in [0.3, 0.4) is 0 Å². The topological polar surface area (TPSA) is 29.5 Å². The zero-order valence-electron chi connectivity index (χ0n) is 36.8. The Morgan fingerprint density at radius 3 is 1.21 bits per heavy atom. The Hall–Kier alpha value is -7.10. The van der Waals surface area contributed by atoms with Gasteiger partial charge >= 0.3 is 0 Å². The van der Waals surface area contributed by atoms with Gasteiger partial charge in [0.2, 0.25) is 0 Å². The van der Waals surface area contributed by atoms with E-state index in [4.69, 9.17) is 8.83 Å². The lowest BCUT2D eigenvalue weighted by Gasteiger charge is -2.32. The monoisotopic (exact) mass is 813 g/mol. The van der Waals surface area contributed by atoms with Crippen molar-refractivity contribution in [3.05, 3.63) is 186 Å². The molecule has 0 N–H and O–H groups in total. The lowest BCUT2D eigenvalue weighted by Crippen LogP contribution is -2.19. The van der Waals surface area contributed by atoms with Gasteiger partial charge in [-0.3, -0.25) is 0 Å². The second kappa shape index (κ2) is 12.3. The Balaban J connectivity index is 1.14. The van der Waals surface area contributed by atoms with E-state index in [0.29, 0.717) is 0 Å². The summed E-state index contributed by atoms with van der Waals surface area (Å²) < 4.78 is 13.1. The van der Waals surface area contributed by atoms with E-state index in [2.05, 4.69) is 211 Å². The van der Waals surface area contributed by atoms with E-state index in [1.165, 1.54) is 93.8 Å². The van der Waals surface area contributed by atoms with Gasteiger partial charge in [-0.15, -0.1) is 0 Å². The standard InChI is InChI=1S/C60H47NO2/c1-58(2,3)34-24-26-35(27-25-34)61(46-32-44-52(38-18-10-8-16-36(38)46)56-42(59(44,4)5)28-30-50-54(56)40-20-12-14-22-48(40)62-50)47-33-45-53(39-19-11-9-17-37(39)47)57-43(60(45,6)7)29-31-51-55(57)41-21-13-15-23-49(41)63-51/h8-33H,1-7H3. The molecule has 0 amide bonds. The van der Waals surface area contributed by atoms with Gasteiger partial charge in [0.05, 0.1) is 11.4 Å². The average Bonchev–Trinajstić information content (AvgIpc) is 3.99. The van der Waals surface area contributed by atoms with E-state index in [1.54, 1.807) is 0 Å². The largest absolute Gasteiger partial charge is 0.456 e. The molecule has 13 rings (SSSR count). The Morgan fingerprint density at radius 2 is 0.778 bits per heavy atom. The molecular formula is C60H47NO2. The lowest BCUT2D eigenvalue weighted by molar-refractivity contribution is 0.590. The molecule has 0 radical (unpaired) electrons. The number of rotatable bonds is 3. The fourth-order valence-electron chi connectivity index (χ4n) is 11.6. The average molecular weight is 814 g/mol. The third-order valence-electron chi connectivity index (χ3n) is 14.8. The molecule has 0 bridgehead atoms. The first-order chi connectivity index (χ1) is 30.4. The van der Waals surface area contributed by atoms with E-state index in [9.17, 15) is 0 Å². The van der Waals surface area contributed by atoms with Gasteiger partial charge in [-0.1, -0.05) is 158 Å². The Morgan fingerprint density at radius 1 is 0.381 bits per heavy atom. The molecule has 0 unspecified atom stereocenters. The Kier molecular flexibility index (Phi) is 7.13. The van der Waals surface area contributed by atoms with Gasteiger partial charge < -0.3 is 13.7 Å². The molecule has 2 aliphatic carbocycles. The fourth-order valence-corrected chi connectivity index (χ4v) is 11.6. The first-order valence-electron chi connectivity index (χ1n) is 22.3. The maximum Gasteiger partial charge on any atom is 0.136 e. The zero-order valence-corrected chi connectivity index (χ0v) is 36.8. The van der Waals surface area contributed by atoms with Crippen LogP contribution < -0.4 is 4.90 Å². The molecule has 63 heavy (non-hydrogen) atoms. The third kappa shape index (κ3) is 4.80. The molecule has 9 aromatic carbocycles. The molecule has 0 fully saturated rings. The predicted molar refractivity (Wildman–Crippen MR) is 265 cm³/mol. The highest BCUT2D eigenvalue weighted by molar-refractivity contribution is 6.23. The van der Waals surface area contributed by atoms with Crippen LogP contribution in [0.25, 0.3) is 87.7 Å².